The van der Waals surface area contributed by atoms with E-state index in [0.29, 0.717) is 12.6 Å². The van der Waals surface area contributed by atoms with Crippen molar-refractivity contribution in [3.05, 3.63) is 0 Å². The quantitative estimate of drug-likeness (QED) is 0.583. The van der Waals surface area contributed by atoms with E-state index < -0.39 is 0 Å². The molecule has 0 aromatic carbocycles. The summed E-state index contributed by atoms with van der Waals surface area (Å²) in [6.45, 7) is 4.91. The summed E-state index contributed by atoms with van der Waals surface area (Å²) in [7, 11) is 0. The molecular weight excluding hydrogens is 148 g/mol. The van der Waals surface area contributed by atoms with Gasteiger partial charge in [0.2, 0.25) is 0 Å². The Morgan fingerprint density at radius 1 is 1.50 bits per heavy atom. The summed E-state index contributed by atoms with van der Waals surface area (Å²) < 4.78 is 0. The van der Waals surface area contributed by atoms with E-state index in [4.69, 9.17) is 12.2 Å². The van der Waals surface area contributed by atoms with Gasteiger partial charge in [0.05, 0.1) is 6.04 Å². The number of terminal acetylenes is 1. The van der Waals surface area contributed by atoms with Gasteiger partial charge < -0.3 is 5.73 Å². The fourth-order valence-corrected chi connectivity index (χ4v) is 1.14. The smallest absolute Gasteiger partial charge is 0.0689 e. The molecule has 0 aromatic heterocycles. The Labute approximate surface area is 75.9 Å². The molecule has 0 aromatic rings. The molecule has 12 heavy (non-hydrogen) atoms. The van der Waals surface area contributed by atoms with E-state index in [-0.39, 0.29) is 6.04 Å². The van der Waals surface area contributed by atoms with E-state index in [1.165, 1.54) is 0 Å². The number of nitrogens with two attached hydrogens (primary N) is 1. The van der Waals surface area contributed by atoms with Gasteiger partial charge in [-0.2, -0.15) is 0 Å². The molecule has 2 nitrogen and oxygen atoms in total. The molecule has 0 aliphatic carbocycles. The van der Waals surface area contributed by atoms with Crippen LogP contribution in [0.3, 0.4) is 0 Å². The summed E-state index contributed by atoms with van der Waals surface area (Å²) in [5.74, 6) is 2.74. The lowest BCUT2D eigenvalue weighted by Gasteiger charge is -2.19. The largest absolute Gasteiger partial charge is 0.329 e. The highest BCUT2D eigenvalue weighted by molar-refractivity contribution is 4.99. The van der Waals surface area contributed by atoms with E-state index in [2.05, 4.69) is 25.1 Å². The summed E-state index contributed by atoms with van der Waals surface area (Å²) in [6.07, 6.45) is 8.55. The fraction of sp³-hybridized carbons (Fsp3) is 0.800. The second kappa shape index (κ2) is 7.15. The SMILES string of the molecule is C#CC(CCC)NC(CC)CN. The minimum atomic E-state index is 0.198. The first-order valence-corrected chi connectivity index (χ1v) is 4.70. The number of nitrogens with one attached hydrogen (secondary N) is 1. The maximum Gasteiger partial charge on any atom is 0.0689 e. The Morgan fingerprint density at radius 3 is 2.50 bits per heavy atom. The van der Waals surface area contributed by atoms with Crippen LogP contribution in [0, 0.1) is 12.3 Å². The lowest BCUT2D eigenvalue weighted by Crippen LogP contribution is -2.41. The molecular formula is C10H20N2. The summed E-state index contributed by atoms with van der Waals surface area (Å²) in [5, 5.41) is 3.34. The van der Waals surface area contributed by atoms with Crippen molar-refractivity contribution in [3.8, 4) is 12.3 Å². The minimum Gasteiger partial charge on any atom is -0.329 e. The normalized spacial score (nSPS) is 15.2. The van der Waals surface area contributed by atoms with Crippen LogP contribution in [0.2, 0.25) is 0 Å². The third-order valence-electron chi connectivity index (χ3n) is 1.99. The molecule has 2 atom stereocenters. The molecule has 0 saturated carbocycles. The van der Waals surface area contributed by atoms with Gasteiger partial charge in [-0.05, 0) is 12.8 Å². The van der Waals surface area contributed by atoms with E-state index in [1.54, 1.807) is 0 Å². The monoisotopic (exact) mass is 168 g/mol. The van der Waals surface area contributed by atoms with Crippen molar-refractivity contribution in [2.24, 2.45) is 5.73 Å². The van der Waals surface area contributed by atoms with Gasteiger partial charge in [0.1, 0.15) is 0 Å². The van der Waals surface area contributed by atoms with Crippen LogP contribution < -0.4 is 11.1 Å². The molecule has 3 N–H and O–H groups in total. The second-order valence-electron chi connectivity index (χ2n) is 3.02. The van der Waals surface area contributed by atoms with Crippen LogP contribution in [0.4, 0.5) is 0 Å². The predicted octanol–water partition coefficient (Wildman–Crippen LogP) is 1.12. The highest BCUT2D eigenvalue weighted by Gasteiger charge is 2.08. The maximum absolute atomic E-state index is 5.55. The van der Waals surface area contributed by atoms with Crippen molar-refractivity contribution >= 4 is 0 Å². The van der Waals surface area contributed by atoms with Crippen LogP contribution in [0.1, 0.15) is 33.1 Å². The Balaban J connectivity index is 3.76. The van der Waals surface area contributed by atoms with Crippen molar-refractivity contribution in [2.45, 2.75) is 45.2 Å². The zero-order valence-corrected chi connectivity index (χ0v) is 8.14. The number of rotatable bonds is 6. The Hall–Kier alpha value is -0.520. The maximum atomic E-state index is 5.55. The van der Waals surface area contributed by atoms with Gasteiger partial charge in [0.15, 0.2) is 0 Å². The lowest BCUT2D eigenvalue weighted by molar-refractivity contribution is 0.452. The standard InChI is InChI=1S/C10H20N2/c1-4-7-9(5-2)12-10(6-3)8-11/h2,9-10,12H,4,6-8,11H2,1,3H3. The van der Waals surface area contributed by atoms with Gasteiger partial charge in [0, 0.05) is 12.6 Å². The van der Waals surface area contributed by atoms with Crippen LogP contribution in [0.25, 0.3) is 0 Å². The topological polar surface area (TPSA) is 38.0 Å². The first kappa shape index (κ1) is 11.5. The van der Waals surface area contributed by atoms with Gasteiger partial charge in [-0.3, -0.25) is 5.32 Å². The Kier molecular flexibility index (Phi) is 6.84. The fourth-order valence-electron chi connectivity index (χ4n) is 1.14. The third-order valence-corrected chi connectivity index (χ3v) is 1.99. The second-order valence-corrected chi connectivity index (χ2v) is 3.02. The number of hydrogen-bond acceptors (Lipinski definition) is 2. The average Bonchev–Trinajstić information content (AvgIpc) is 2.12. The van der Waals surface area contributed by atoms with E-state index in [1.807, 2.05) is 0 Å². The van der Waals surface area contributed by atoms with Gasteiger partial charge >= 0.3 is 0 Å². The first-order valence-electron chi connectivity index (χ1n) is 4.70. The predicted molar refractivity (Wildman–Crippen MR) is 53.8 cm³/mol. The van der Waals surface area contributed by atoms with Gasteiger partial charge in [-0.25, -0.2) is 0 Å². The molecule has 0 amide bonds. The van der Waals surface area contributed by atoms with Crippen molar-refractivity contribution in [1.29, 1.82) is 0 Å². The molecule has 0 heterocycles. The molecule has 70 valence electrons. The molecule has 2 heteroatoms. The molecule has 0 bridgehead atoms. The zero-order chi connectivity index (χ0) is 9.40. The first-order chi connectivity index (χ1) is 5.78. The molecule has 0 fully saturated rings. The molecule has 0 spiro atoms. The molecule has 0 radical (unpaired) electrons. The Morgan fingerprint density at radius 2 is 2.17 bits per heavy atom. The third kappa shape index (κ3) is 4.38. The average molecular weight is 168 g/mol. The molecule has 0 aliphatic heterocycles. The molecule has 2 unspecified atom stereocenters. The number of hydrogen-bond donors (Lipinski definition) is 2. The van der Waals surface area contributed by atoms with Crippen LogP contribution in [0.5, 0.6) is 0 Å². The summed E-state index contributed by atoms with van der Waals surface area (Å²) >= 11 is 0. The van der Waals surface area contributed by atoms with Crippen molar-refractivity contribution in [1.82, 2.24) is 5.32 Å². The molecule has 0 aliphatic rings. The summed E-state index contributed by atoms with van der Waals surface area (Å²) in [4.78, 5) is 0. The highest BCUT2D eigenvalue weighted by atomic mass is 15.0. The van der Waals surface area contributed by atoms with E-state index in [9.17, 15) is 0 Å². The van der Waals surface area contributed by atoms with Gasteiger partial charge in [-0.15, -0.1) is 6.42 Å². The minimum absolute atomic E-state index is 0.198. The zero-order valence-electron chi connectivity index (χ0n) is 8.14. The summed E-state index contributed by atoms with van der Waals surface area (Å²) in [5.41, 5.74) is 5.55. The van der Waals surface area contributed by atoms with Gasteiger partial charge in [-0.1, -0.05) is 26.2 Å². The van der Waals surface area contributed by atoms with E-state index in [0.717, 1.165) is 19.3 Å². The lowest BCUT2D eigenvalue weighted by atomic mass is 10.1. The van der Waals surface area contributed by atoms with Gasteiger partial charge in [0.25, 0.3) is 0 Å². The molecule has 0 saturated heterocycles. The summed E-state index contributed by atoms with van der Waals surface area (Å²) in [6, 6.07) is 0.570. The van der Waals surface area contributed by atoms with Crippen molar-refractivity contribution < 1.29 is 0 Å². The van der Waals surface area contributed by atoms with Crippen LogP contribution in [-0.2, 0) is 0 Å². The van der Waals surface area contributed by atoms with Crippen molar-refractivity contribution in [2.75, 3.05) is 6.54 Å². The highest BCUT2D eigenvalue weighted by Crippen LogP contribution is 1.98. The van der Waals surface area contributed by atoms with Crippen LogP contribution >= 0.6 is 0 Å². The van der Waals surface area contributed by atoms with Crippen LogP contribution in [0.15, 0.2) is 0 Å². The Bertz CT molecular complexity index is 133. The van der Waals surface area contributed by atoms with E-state index >= 15 is 0 Å². The van der Waals surface area contributed by atoms with Crippen LogP contribution in [-0.4, -0.2) is 18.6 Å². The van der Waals surface area contributed by atoms with Crippen molar-refractivity contribution in [3.63, 3.8) is 0 Å². The molecule has 0 rings (SSSR count).